The highest BCUT2D eigenvalue weighted by molar-refractivity contribution is 5.77. The maximum Gasteiger partial charge on any atom is 0.213 e. The zero-order valence-corrected chi connectivity index (χ0v) is 16.0. The molecule has 0 radical (unpaired) electrons. The summed E-state index contributed by atoms with van der Waals surface area (Å²) in [6.45, 7) is 4.32. The number of fused-ring (bicyclic) bond motifs is 1. The molecule has 0 aliphatic heterocycles. The van der Waals surface area contributed by atoms with E-state index < -0.39 is 5.82 Å². The van der Waals surface area contributed by atoms with Gasteiger partial charge >= 0.3 is 0 Å². The summed E-state index contributed by atoms with van der Waals surface area (Å²) in [7, 11) is 0. The number of ether oxygens (including phenoxy) is 1. The normalized spacial score (nSPS) is 12.2. The van der Waals surface area contributed by atoms with Crippen LogP contribution in [0.2, 0.25) is 0 Å². The van der Waals surface area contributed by atoms with Crippen molar-refractivity contribution in [1.29, 1.82) is 0 Å². The van der Waals surface area contributed by atoms with E-state index in [-0.39, 0.29) is 6.10 Å². The first kappa shape index (κ1) is 18.6. The van der Waals surface area contributed by atoms with Crippen LogP contribution in [0.3, 0.4) is 0 Å². The van der Waals surface area contributed by atoms with Gasteiger partial charge in [-0.2, -0.15) is 0 Å². The molecule has 0 saturated carbocycles. The SMILES string of the molecule is Cc1nc2ccc(-c3cc(N)nc(N)c3)nc2n1C[C@H](C)Oc1ccc(F)cn1. The van der Waals surface area contributed by atoms with Crippen molar-refractivity contribution in [2.45, 2.75) is 26.5 Å². The Morgan fingerprint density at radius 2 is 1.83 bits per heavy atom. The van der Waals surface area contributed by atoms with Gasteiger partial charge in [-0.1, -0.05) is 0 Å². The van der Waals surface area contributed by atoms with Crippen LogP contribution >= 0.6 is 0 Å². The number of imidazole rings is 1. The number of hydrogen-bond donors (Lipinski definition) is 2. The molecule has 8 nitrogen and oxygen atoms in total. The van der Waals surface area contributed by atoms with E-state index in [1.54, 1.807) is 12.1 Å². The van der Waals surface area contributed by atoms with Crippen molar-refractivity contribution in [1.82, 2.24) is 24.5 Å². The Morgan fingerprint density at radius 1 is 1.07 bits per heavy atom. The summed E-state index contributed by atoms with van der Waals surface area (Å²) in [6, 6.07) is 10.0. The van der Waals surface area contributed by atoms with Gasteiger partial charge in [0.05, 0.1) is 18.4 Å². The number of nitrogen functional groups attached to an aromatic ring is 2. The summed E-state index contributed by atoms with van der Waals surface area (Å²) in [5.41, 5.74) is 14.6. The van der Waals surface area contributed by atoms with E-state index in [9.17, 15) is 4.39 Å². The van der Waals surface area contributed by atoms with Crippen molar-refractivity contribution in [2.24, 2.45) is 0 Å². The van der Waals surface area contributed by atoms with Crippen molar-refractivity contribution in [3.8, 4) is 17.1 Å². The standard InChI is InChI=1S/C20H20FN7O/c1-11(29-19-6-3-14(21)9-24-19)10-28-12(2)25-16-5-4-15(26-20(16)28)13-7-17(22)27-18(23)8-13/h3-9,11H,10H2,1-2H3,(H4,22,23,27)/t11-/m0/s1. The van der Waals surface area contributed by atoms with Gasteiger partial charge in [0.25, 0.3) is 0 Å². The van der Waals surface area contributed by atoms with Crippen LogP contribution in [0.15, 0.2) is 42.6 Å². The number of nitrogens with two attached hydrogens (primary N) is 2. The van der Waals surface area contributed by atoms with E-state index in [4.69, 9.17) is 21.2 Å². The quantitative estimate of drug-likeness (QED) is 0.535. The predicted octanol–water partition coefficient (Wildman–Crippen LogP) is 2.97. The molecule has 4 rings (SSSR count). The summed E-state index contributed by atoms with van der Waals surface area (Å²) < 4.78 is 20.8. The molecule has 0 aliphatic carbocycles. The van der Waals surface area contributed by atoms with E-state index in [0.717, 1.165) is 28.7 Å². The molecule has 4 heterocycles. The lowest BCUT2D eigenvalue weighted by Gasteiger charge is -2.16. The Morgan fingerprint density at radius 3 is 2.52 bits per heavy atom. The zero-order chi connectivity index (χ0) is 20.5. The van der Waals surface area contributed by atoms with Crippen molar-refractivity contribution < 1.29 is 9.13 Å². The molecule has 0 bridgehead atoms. The van der Waals surface area contributed by atoms with E-state index in [1.165, 1.54) is 12.1 Å². The summed E-state index contributed by atoms with van der Waals surface area (Å²) in [5.74, 6) is 1.43. The fourth-order valence-electron chi connectivity index (χ4n) is 3.15. The molecule has 0 fully saturated rings. The van der Waals surface area contributed by atoms with Crippen LogP contribution in [0.5, 0.6) is 5.88 Å². The van der Waals surface area contributed by atoms with Crippen molar-refractivity contribution in [3.63, 3.8) is 0 Å². The third kappa shape index (κ3) is 3.93. The molecule has 0 amide bonds. The number of aromatic nitrogens is 5. The molecule has 0 saturated heterocycles. The Labute approximate surface area is 166 Å². The van der Waals surface area contributed by atoms with Gasteiger partial charge in [0.2, 0.25) is 5.88 Å². The highest BCUT2D eigenvalue weighted by Crippen LogP contribution is 2.24. The minimum atomic E-state index is -0.407. The third-order valence-electron chi connectivity index (χ3n) is 4.41. The first-order valence-electron chi connectivity index (χ1n) is 9.04. The second kappa shape index (κ2) is 7.34. The lowest BCUT2D eigenvalue weighted by Crippen LogP contribution is -2.21. The van der Waals surface area contributed by atoms with Gasteiger partial charge < -0.3 is 20.8 Å². The molecule has 0 spiro atoms. The number of hydrogen-bond acceptors (Lipinski definition) is 7. The topological polar surface area (TPSA) is 118 Å². The van der Waals surface area contributed by atoms with Crippen LogP contribution in [0.4, 0.5) is 16.0 Å². The maximum absolute atomic E-state index is 13.0. The summed E-state index contributed by atoms with van der Waals surface area (Å²) in [5, 5.41) is 0. The summed E-state index contributed by atoms with van der Waals surface area (Å²) in [6.07, 6.45) is 0.890. The van der Waals surface area contributed by atoms with Crippen LogP contribution in [-0.2, 0) is 6.54 Å². The molecular formula is C20H20FN7O. The van der Waals surface area contributed by atoms with Gasteiger partial charge in [0.15, 0.2) is 5.65 Å². The smallest absolute Gasteiger partial charge is 0.213 e. The van der Waals surface area contributed by atoms with Crippen LogP contribution in [0.25, 0.3) is 22.4 Å². The fraction of sp³-hybridized carbons (Fsp3) is 0.200. The van der Waals surface area contributed by atoms with Gasteiger partial charge in [-0.15, -0.1) is 0 Å². The van der Waals surface area contributed by atoms with Crippen molar-refractivity contribution in [3.05, 3.63) is 54.2 Å². The lowest BCUT2D eigenvalue weighted by molar-refractivity contribution is 0.191. The average Bonchev–Trinajstić information content (AvgIpc) is 2.97. The lowest BCUT2D eigenvalue weighted by atomic mass is 10.1. The van der Waals surface area contributed by atoms with Crippen LogP contribution in [0, 0.1) is 12.7 Å². The second-order valence-electron chi connectivity index (χ2n) is 6.76. The highest BCUT2D eigenvalue weighted by Gasteiger charge is 2.15. The Balaban J connectivity index is 1.65. The minimum Gasteiger partial charge on any atom is -0.473 e. The molecule has 9 heteroatoms. The molecule has 0 unspecified atom stereocenters. The molecule has 4 N–H and O–H groups in total. The number of halogens is 1. The van der Waals surface area contributed by atoms with Crippen LogP contribution in [-0.4, -0.2) is 30.6 Å². The van der Waals surface area contributed by atoms with E-state index in [2.05, 4.69) is 15.0 Å². The van der Waals surface area contributed by atoms with E-state index >= 15 is 0 Å². The molecular weight excluding hydrogens is 373 g/mol. The van der Waals surface area contributed by atoms with Crippen LogP contribution in [0.1, 0.15) is 12.7 Å². The molecule has 29 heavy (non-hydrogen) atoms. The average molecular weight is 393 g/mol. The summed E-state index contributed by atoms with van der Waals surface area (Å²) >= 11 is 0. The minimum absolute atomic E-state index is 0.235. The highest BCUT2D eigenvalue weighted by atomic mass is 19.1. The zero-order valence-electron chi connectivity index (χ0n) is 16.0. The first-order valence-corrected chi connectivity index (χ1v) is 9.04. The van der Waals surface area contributed by atoms with Gasteiger partial charge in [0.1, 0.15) is 34.9 Å². The van der Waals surface area contributed by atoms with Gasteiger partial charge in [-0.3, -0.25) is 0 Å². The van der Waals surface area contributed by atoms with Crippen molar-refractivity contribution in [2.75, 3.05) is 11.5 Å². The summed E-state index contributed by atoms with van der Waals surface area (Å²) in [4.78, 5) is 17.3. The third-order valence-corrected chi connectivity index (χ3v) is 4.41. The van der Waals surface area contributed by atoms with E-state index in [1.807, 2.05) is 30.5 Å². The van der Waals surface area contributed by atoms with Gasteiger partial charge in [-0.25, -0.2) is 24.3 Å². The number of pyridine rings is 3. The Bertz CT molecular complexity index is 1150. The molecule has 0 aliphatic rings. The van der Waals surface area contributed by atoms with Crippen LogP contribution < -0.4 is 16.2 Å². The molecule has 0 aromatic carbocycles. The molecule has 4 aromatic heterocycles. The van der Waals surface area contributed by atoms with E-state index in [0.29, 0.717) is 29.8 Å². The second-order valence-corrected chi connectivity index (χ2v) is 6.76. The Kier molecular flexibility index (Phi) is 4.71. The molecule has 148 valence electrons. The van der Waals surface area contributed by atoms with Crippen molar-refractivity contribution >= 4 is 22.8 Å². The number of anilines is 2. The Hall–Kier alpha value is -3.75. The maximum atomic E-state index is 13.0. The number of nitrogens with zero attached hydrogens (tertiary/aromatic N) is 5. The monoisotopic (exact) mass is 393 g/mol. The molecule has 1 atom stereocenters. The fourth-order valence-corrected chi connectivity index (χ4v) is 3.15. The number of rotatable bonds is 5. The number of aryl methyl sites for hydroxylation is 1. The van der Waals surface area contributed by atoms with Gasteiger partial charge in [-0.05, 0) is 44.2 Å². The molecule has 4 aromatic rings. The van der Waals surface area contributed by atoms with Gasteiger partial charge in [0, 0.05) is 11.6 Å². The largest absolute Gasteiger partial charge is 0.473 e. The first-order chi connectivity index (χ1) is 13.9. The predicted molar refractivity (Wildman–Crippen MR) is 109 cm³/mol.